The van der Waals surface area contributed by atoms with E-state index in [0.29, 0.717) is 30.8 Å². The summed E-state index contributed by atoms with van der Waals surface area (Å²) in [6, 6.07) is 13.8. The number of morpholine rings is 1. The summed E-state index contributed by atoms with van der Waals surface area (Å²) < 4.78 is 5.34. The van der Waals surface area contributed by atoms with Gasteiger partial charge in [0.25, 0.3) is 11.8 Å². The maximum atomic E-state index is 13.1. The molecule has 5 rings (SSSR count). The maximum absolute atomic E-state index is 13.1. The van der Waals surface area contributed by atoms with Crippen molar-refractivity contribution in [2.24, 2.45) is 0 Å². The zero-order valence-corrected chi connectivity index (χ0v) is 18.5. The lowest BCUT2D eigenvalue weighted by atomic mass is 9.95. The van der Waals surface area contributed by atoms with E-state index in [0.717, 1.165) is 50.4 Å². The topological polar surface area (TPSA) is 82.2 Å². The fraction of sp³-hybridized carbons (Fsp3) is 0.400. The number of imide groups is 1. The van der Waals surface area contributed by atoms with E-state index < -0.39 is 6.04 Å². The molecule has 172 valence electrons. The van der Waals surface area contributed by atoms with Crippen LogP contribution in [0.1, 0.15) is 27.9 Å². The lowest BCUT2D eigenvalue weighted by Crippen LogP contribution is -2.39. The van der Waals surface area contributed by atoms with E-state index in [9.17, 15) is 14.4 Å². The molecule has 3 heterocycles. The number of carbonyl (C=O) groups excluding carboxylic acids is 3. The van der Waals surface area contributed by atoms with Crippen LogP contribution in [0.4, 0.5) is 10.5 Å². The van der Waals surface area contributed by atoms with Crippen LogP contribution in [0.3, 0.4) is 0 Å². The number of ether oxygens (including phenoxy) is 1. The van der Waals surface area contributed by atoms with Crippen LogP contribution < -0.4 is 10.2 Å². The van der Waals surface area contributed by atoms with Crippen LogP contribution in [0.25, 0.3) is 0 Å². The van der Waals surface area contributed by atoms with Gasteiger partial charge in [0.05, 0.1) is 18.9 Å². The Kier molecular flexibility index (Phi) is 6.11. The molecule has 0 radical (unpaired) electrons. The molecule has 2 fully saturated rings. The zero-order chi connectivity index (χ0) is 22.8. The highest BCUT2D eigenvalue weighted by Crippen LogP contribution is 2.32. The number of nitrogens with zero attached hydrogens (tertiary/aromatic N) is 3. The third-order valence-electron chi connectivity index (χ3n) is 6.62. The van der Waals surface area contributed by atoms with E-state index >= 15 is 0 Å². The van der Waals surface area contributed by atoms with Crippen molar-refractivity contribution in [3.05, 3.63) is 65.2 Å². The van der Waals surface area contributed by atoms with Gasteiger partial charge < -0.3 is 15.0 Å². The first-order valence-electron chi connectivity index (χ1n) is 11.5. The van der Waals surface area contributed by atoms with E-state index in [-0.39, 0.29) is 17.8 Å². The van der Waals surface area contributed by atoms with Crippen LogP contribution in [0.5, 0.6) is 0 Å². The van der Waals surface area contributed by atoms with Crippen LogP contribution >= 0.6 is 0 Å². The maximum Gasteiger partial charge on any atom is 0.332 e. The third-order valence-corrected chi connectivity index (χ3v) is 6.62. The molecule has 0 aromatic heterocycles. The van der Waals surface area contributed by atoms with Crippen molar-refractivity contribution in [1.82, 2.24) is 15.1 Å². The first-order valence-corrected chi connectivity index (χ1v) is 11.5. The standard InChI is InChI=1S/C25H28N4O4/c30-23(26-10-3-11-27-12-14-33-15-13-27)18-6-8-21(9-7-18)29-24(31)22-16-19-4-1-2-5-20(19)17-28(22)25(29)32/h1-2,4-9,22H,3,10-17H2,(H,26,30). The SMILES string of the molecule is O=C(NCCCN1CCOCC1)c1ccc(N2C(=O)C3Cc4ccccc4CN3C2=O)cc1. The van der Waals surface area contributed by atoms with Gasteiger partial charge in [0.15, 0.2) is 0 Å². The van der Waals surface area contributed by atoms with Gasteiger partial charge in [-0.15, -0.1) is 0 Å². The number of carbonyl (C=O) groups is 3. The molecule has 0 spiro atoms. The molecule has 1 unspecified atom stereocenters. The van der Waals surface area contributed by atoms with Crippen molar-refractivity contribution in [2.45, 2.75) is 25.4 Å². The van der Waals surface area contributed by atoms with Gasteiger partial charge in [-0.25, -0.2) is 9.69 Å². The zero-order valence-electron chi connectivity index (χ0n) is 18.5. The summed E-state index contributed by atoms with van der Waals surface area (Å²) in [5, 5.41) is 2.94. The number of amides is 4. The second kappa shape index (κ2) is 9.33. The Morgan fingerprint density at radius 3 is 2.48 bits per heavy atom. The Morgan fingerprint density at radius 2 is 1.73 bits per heavy atom. The molecule has 2 aromatic rings. The number of rotatable bonds is 6. The minimum atomic E-state index is -0.471. The van der Waals surface area contributed by atoms with Crippen molar-refractivity contribution in [3.8, 4) is 0 Å². The average Bonchev–Trinajstić information content (AvgIpc) is 3.10. The minimum absolute atomic E-state index is 0.157. The predicted molar refractivity (Wildman–Crippen MR) is 123 cm³/mol. The molecule has 0 bridgehead atoms. The smallest absolute Gasteiger partial charge is 0.332 e. The Balaban J connectivity index is 1.18. The Labute approximate surface area is 193 Å². The fourth-order valence-electron chi connectivity index (χ4n) is 4.75. The Morgan fingerprint density at radius 1 is 1.00 bits per heavy atom. The summed E-state index contributed by atoms with van der Waals surface area (Å²) in [6.07, 6.45) is 1.41. The second-order valence-corrected chi connectivity index (χ2v) is 8.68. The Bertz CT molecular complexity index is 1010. The number of benzene rings is 2. The molecule has 33 heavy (non-hydrogen) atoms. The molecule has 3 aliphatic heterocycles. The highest BCUT2D eigenvalue weighted by atomic mass is 16.5. The van der Waals surface area contributed by atoms with Crippen molar-refractivity contribution in [1.29, 1.82) is 0 Å². The van der Waals surface area contributed by atoms with Gasteiger partial charge >= 0.3 is 6.03 Å². The van der Waals surface area contributed by atoms with Crippen molar-refractivity contribution < 1.29 is 19.1 Å². The third kappa shape index (κ3) is 4.36. The lowest BCUT2D eigenvalue weighted by Gasteiger charge is -2.28. The molecule has 3 aliphatic rings. The molecular weight excluding hydrogens is 420 g/mol. The van der Waals surface area contributed by atoms with Crippen LogP contribution in [0, 0.1) is 0 Å². The van der Waals surface area contributed by atoms with E-state index in [2.05, 4.69) is 10.2 Å². The first kappa shape index (κ1) is 21.6. The van der Waals surface area contributed by atoms with Crippen molar-refractivity contribution >= 4 is 23.5 Å². The average molecular weight is 449 g/mol. The van der Waals surface area contributed by atoms with E-state index in [1.54, 1.807) is 29.2 Å². The predicted octanol–water partition coefficient (Wildman–Crippen LogP) is 2.03. The summed E-state index contributed by atoms with van der Waals surface area (Å²) in [6.45, 7) is 5.38. The second-order valence-electron chi connectivity index (χ2n) is 8.68. The number of anilines is 1. The number of hydrogen-bond donors (Lipinski definition) is 1. The molecule has 2 saturated heterocycles. The highest BCUT2D eigenvalue weighted by Gasteiger charge is 2.47. The molecule has 4 amide bonds. The van der Waals surface area contributed by atoms with Gasteiger partial charge in [0.1, 0.15) is 6.04 Å². The van der Waals surface area contributed by atoms with Crippen molar-refractivity contribution in [2.75, 3.05) is 44.3 Å². The molecule has 1 atom stereocenters. The Hall–Kier alpha value is -3.23. The summed E-state index contributed by atoms with van der Waals surface area (Å²) in [5.41, 5.74) is 3.20. The summed E-state index contributed by atoms with van der Waals surface area (Å²) in [5.74, 6) is -0.370. The normalized spacial score (nSPS) is 20.5. The quantitative estimate of drug-likeness (QED) is 0.540. The minimum Gasteiger partial charge on any atom is -0.379 e. The van der Waals surface area contributed by atoms with Gasteiger partial charge in [0.2, 0.25) is 0 Å². The summed E-state index contributed by atoms with van der Waals surface area (Å²) in [4.78, 5) is 43.8. The van der Waals surface area contributed by atoms with Crippen LogP contribution in [-0.4, -0.2) is 73.1 Å². The number of hydrogen-bond acceptors (Lipinski definition) is 5. The van der Waals surface area contributed by atoms with Crippen LogP contribution in [-0.2, 0) is 22.5 Å². The molecular formula is C25H28N4O4. The molecule has 8 nitrogen and oxygen atoms in total. The van der Waals surface area contributed by atoms with Gasteiger partial charge in [-0.05, 0) is 48.4 Å². The fourth-order valence-corrected chi connectivity index (χ4v) is 4.75. The van der Waals surface area contributed by atoms with Crippen LogP contribution in [0.15, 0.2) is 48.5 Å². The summed E-state index contributed by atoms with van der Waals surface area (Å²) in [7, 11) is 0. The van der Waals surface area contributed by atoms with Gasteiger partial charge in [-0.2, -0.15) is 0 Å². The summed E-state index contributed by atoms with van der Waals surface area (Å²) >= 11 is 0. The van der Waals surface area contributed by atoms with Gasteiger partial charge in [-0.1, -0.05) is 24.3 Å². The monoisotopic (exact) mass is 448 g/mol. The molecule has 2 aromatic carbocycles. The van der Waals surface area contributed by atoms with Gasteiger partial charge in [-0.3, -0.25) is 14.5 Å². The number of nitrogens with one attached hydrogen (secondary N) is 1. The molecule has 0 saturated carbocycles. The van der Waals surface area contributed by atoms with Crippen LogP contribution in [0.2, 0.25) is 0 Å². The van der Waals surface area contributed by atoms with Crippen molar-refractivity contribution in [3.63, 3.8) is 0 Å². The highest BCUT2D eigenvalue weighted by molar-refractivity contribution is 6.21. The van der Waals surface area contributed by atoms with E-state index in [1.165, 1.54) is 4.90 Å². The van der Waals surface area contributed by atoms with E-state index in [4.69, 9.17) is 4.74 Å². The number of urea groups is 1. The molecule has 1 N–H and O–H groups in total. The molecule has 0 aliphatic carbocycles. The lowest BCUT2D eigenvalue weighted by molar-refractivity contribution is -0.120. The first-order chi connectivity index (χ1) is 16.1. The van der Waals surface area contributed by atoms with E-state index in [1.807, 2.05) is 24.3 Å². The largest absolute Gasteiger partial charge is 0.379 e. The number of fused-ring (bicyclic) bond motifs is 2. The molecule has 8 heteroatoms. The van der Waals surface area contributed by atoms with Gasteiger partial charge in [0, 0.05) is 38.2 Å².